The number of aromatic amines is 1. The van der Waals surface area contributed by atoms with Crippen LogP contribution >= 0.6 is 11.3 Å². The average Bonchev–Trinajstić information content (AvgIpc) is 2.95. The molecular formula is C10H8N6OS. The van der Waals surface area contributed by atoms with Gasteiger partial charge in [0.05, 0.1) is 15.2 Å². The molecule has 0 aliphatic carbocycles. The summed E-state index contributed by atoms with van der Waals surface area (Å²) in [6.45, 7) is 1.95. The average molecular weight is 260 g/mol. The fourth-order valence-electron chi connectivity index (χ4n) is 1.56. The molecule has 8 heteroatoms. The van der Waals surface area contributed by atoms with E-state index in [2.05, 4.69) is 30.9 Å². The van der Waals surface area contributed by atoms with Crippen molar-refractivity contribution in [2.75, 3.05) is 5.32 Å². The largest absolute Gasteiger partial charge is 0.319 e. The lowest BCUT2D eigenvalue weighted by atomic mass is 10.3. The zero-order chi connectivity index (χ0) is 12.5. The Morgan fingerprint density at radius 3 is 3.11 bits per heavy atom. The van der Waals surface area contributed by atoms with Gasteiger partial charge in [0.1, 0.15) is 0 Å². The second kappa shape index (κ2) is 4.15. The van der Waals surface area contributed by atoms with E-state index < -0.39 is 5.91 Å². The molecule has 0 saturated carbocycles. The predicted molar refractivity (Wildman–Crippen MR) is 66.5 cm³/mol. The Labute approximate surface area is 105 Å². The summed E-state index contributed by atoms with van der Waals surface area (Å²) in [5.41, 5.74) is 1.61. The molecule has 0 fully saturated rings. The Kier molecular flexibility index (Phi) is 2.49. The van der Waals surface area contributed by atoms with Crippen molar-refractivity contribution >= 4 is 33.1 Å². The fourth-order valence-corrected chi connectivity index (χ4v) is 2.43. The van der Waals surface area contributed by atoms with Gasteiger partial charge < -0.3 is 5.32 Å². The van der Waals surface area contributed by atoms with Crippen LogP contribution in [0, 0.1) is 6.92 Å². The van der Waals surface area contributed by atoms with Crippen LogP contribution in [0.3, 0.4) is 0 Å². The summed E-state index contributed by atoms with van der Waals surface area (Å²) in [6.07, 6.45) is 0. The van der Waals surface area contributed by atoms with E-state index in [4.69, 9.17) is 0 Å². The molecule has 90 valence electrons. The number of amides is 1. The molecule has 0 saturated heterocycles. The molecule has 1 aromatic carbocycles. The van der Waals surface area contributed by atoms with Gasteiger partial charge in [0.25, 0.3) is 11.7 Å². The highest BCUT2D eigenvalue weighted by Gasteiger charge is 2.11. The minimum atomic E-state index is -0.399. The maximum absolute atomic E-state index is 11.7. The lowest BCUT2D eigenvalue weighted by molar-refractivity contribution is 0.101. The summed E-state index contributed by atoms with van der Waals surface area (Å²) in [7, 11) is 0. The van der Waals surface area contributed by atoms with Crippen molar-refractivity contribution in [1.29, 1.82) is 0 Å². The Balaban J connectivity index is 1.88. The molecule has 0 unspecified atom stereocenters. The molecule has 2 N–H and O–H groups in total. The third-order valence-corrected chi connectivity index (χ3v) is 3.24. The van der Waals surface area contributed by atoms with Gasteiger partial charge in [0.2, 0.25) is 0 Å². The number of anilines is 1. The zero-order valence-corrected chi connectivity index (χ0v) is 10.2. The number of nitrogens with zero attached hydrogens (tertiary/aromatic N) is 4. The number of tetrazole rings is 1. The van der Waals surface area contributed by atoms with Crippen LogP contribution in [-0.4, -0.2) is 31.5 Å². The molecule has 0 radical (unpaired) electrons. The fraction of sp³-hybridized carbons (Fsp3) is 0.100. The molecule has 3 aromatic rings. The van der Waals surface area contributed by atoms with Gasteiger partial charge in [0.15, 0.2) is 0 Å². The Morgan fingerprint density at radius 2 is 2.33 bits per heavy atom. The first-order valence-corrected chi connectivity index (χ1v) is 5.96. The third kappa shape index (κ3) is 1.93. The highest BCUT2D eigenvalue weighted by Crippen LogP contribution is 2.24. The normalized spacial score (nSPS) is 10.7. The third-order valence-electron chi connectivity index (χ3n) is 2.30. The van der Waals surface area contributed by atoms with Gasteiger partial charge in [-0.05, 0) is 30.3 Å². The molecule has 0 spiro atoms. The van der Waals surface area contributed by atoms with Crippen LogP contribution in [0.2, 0.25) is 0 Å². The van der Waals surface area contributed by atoms with Gasteiger partial charge in [-0.25, -0.2) is 4.98 Å². The molecule has 2 heterocycles. The van der Waals surface area contributed by atoms with Crippen molar-refractivity contribution in [2.45, 2.75) is 6.92 Å². The minimum Gasteiger partial charge on any atom is -0.319 e. The smallest absolute Gasteiger partial charge is 0.297 e. The van der Waals surface area contributed by atoms with Gasteiger partial charge >= 0.3 is 0 Å². The number of thiazole rings is 1. The Hall–Kier alpha value is -2.35. The highest BCUT2D eigenvalue weighted by atomic mass is 32.1. The van der Waals surface area contributed by atoms with E-state index in [0.29, 0.717) is 5.69 Å². The van der Waals surface area contributed by atoms with Crippen LogP contribution in [0.1, 0.15) is 15.6 Å². The number of carbonyl (C=O) groups excluding carboxylic acids is 1. The second-order valence-corrected chi connectivity index (χ2v) is 4.84. The molecular weight excluding hydrogens is 252 g/mol. The predicted octanol–water partition coefficient (Wildman–Crippen LogP) is 1.37. The van der Waals surface area contributed by atoms with Gasteiger partial charge in [-0.2, -0.15) is 5.21 Å². The number of benzene rings is 1. The minimum absolute atomic E-state index is 0.00980. The number of rotatable bonds is 2. The van der Waals surface area contributed by atoms with E-state index in [1.54, 1.807) is 17.4 Å². The topological polar surface area (TPSA) is 96.5 Å². The van der Waals surface area contributed by atoms with E-state index in [-0.39, 0.29) is 5.82 Å². The number of nitrogens with one attached hydrogen (secondary N) is 2. The Bertz CT molecular complexity index is 704. The molecule has 0 aliphatic heterocycles. The van der Waals surface area contributed by atoms with Crippen molar-refractivity contribution in [3.8, 4) is 0 Å². The number of hydrogen-bond acceptors (Lipinski definition) is 6. The number of hydrogen-bond donors (Lipinski definition) is 2. The molecule has 0 bridgehead atoms. The van der Waals surface area contributed by atoms with Crippen molar-refractivity contribution in [1.82, 2.24) is 25.6 Å². The Morgan fingerprint density at radius 1 is 1.44 bits per heavy atom. The molecule has 7 nitrogen and oxygen atoms in total. The van der Waals surface area contributed by atoms with Gasteiger partial charge in [0, 0.05) is 5.69 Å². The van der Waals surface area contributed by atoms with Crippen LogP contribution < -0.4 is 5.32 Å². The maximum atomic E-state index is 11.7. The van der Waals surface area contributed by atoms with Gasteiger partial charge in [-0.3, -0.25) is 4.79 Å². The SMILES string of the molecule is Cc1nc2ccc(NC(=O)c3nn[nH]n3)cc2s1. The number of aryl methyl sites for hydroxylation is 1. The van der Waals surface area contributed by atoms with Crippen molar-refractivity contribution in [3.05, 3.63) is 29.0 Å². The number of aromatic nitrogens is 5. The quantitative estimate of drug-likeness (QED) is 0.725. The number of carbonyl (C=O) groups is 1. The van der Waals surface area contributed by atoms with Crippen LogP contribution in [0.15, 0.2) is 18.2 Å². The first kappa shape index (κ1) is 10.8. The standard InChI is InChI=1S/C10H8N6OS/c1-5-11-7-3-2-6(4-8(7)18-5)12-10(17)9-13-15-16-14-9/h2-4H,1H3,(H,12,17)(H,13,14,15,16). The number of H-pyrrole nitrogens is 1. The van der Waals surface area contributed by atoms with E-state index in [1.165, 1.54) is 0 Å². The molecule has 0 atom stereocenters. The van der Waals surface area contributed by atoms with E-state index in [1.807, 2.05) is 19.1 Å². The van der Waals surface area contributed by atoms with Gasteiger partial charge in [-0.15, -0.1) is 21.5 Å². The molecule has 1 amide bonds. The molecule has 18 heavy (non-hydrogen) atoms. The molecule has 0 aliphatic rings. The summed E-state index contributed by atoms with van der Waals surface area (Å²) in [4.78, 5) is 16.1. The van der Waals surface area contributed by atoms with Crippen LogP contribution in [0.25, 0.3) is 10.2 Å². The lowest BCUT2D eigenvalue weighted by Crippen LogP contribution is -2.13. The van der Waals surface area contributed by atoms with Crippen LogP contribution in [0.4, 0.5) is 5.69 Å². The summed E-state index contributed by atoms with van der Waals surface area (Å²) in [5.74, 6) is -0.389. The second-order valence-electron chi connectivity index (χ2n) is 3.60. The first-order valence-electron chi connectivity index (χ1n) is 5.14. The highest BCUT2D eigenvalue weighted by molar-refractivity contribution is 7.18. The first-order chi connectivity index (χ1) is 8.72. The van der Waals surface area contributed by atoms with E-state index >= 15 is 0 Å². The summed E-state index contributed by atoms with van der Waals surface area (Å²) in [5, 5.41) is 16.5. The monoisotopic (exact) mass is 260 g/mol. The summed E-state index contributed by atoms with van der Waals surface area (Å²) < 4.78 is 1.03. The molecule has 2 aromatic heterocycles. The summed E-state index contributed by atoms with van der Waals surface area (Å²) >= 11 is 1.58. The zero-order valence-electron chi connectivity index (χ0n) is 9.34. The lowest BCUT2D eigenvalue weighted by Gasteiger charge is -2.01. The van der Waals surface area contributed by atoms with Crippen LogP contribution in [0.5, 0.6) is 0 Å². The van der Waals surface area contributed by atoms with Gasteiger partial charge in [-0.1, -0.05) is 0 Å². The van der Waals surface area contributed by atoms with Crippen molar-refractivity contribution in [3.63, 3.8) is 0 Å². The van der Waals surface area contributed by atoms with Crippen LogP contribution in [-0.2, 0) is 0 Å². The van der Waals surface area contributed by atoms with E-state index in [0.717, 1.165) is 15.2 Å². The van der Waals surface area contributed by atoms with Crippen molar-refractivity contribution in [2.24, 2.45) is 0 Å². The van der Waals surface area contributed by atoms with E-state index in [9.17, 15) is 4.79 Å². The van der Waals surface area contributed by atoms with Crippen molar-refractivity contribution < 1.29 is 4.79 Å². The number of fused-ring (bicyclic) bond motifs is 1. The summed E-state index contributed by atoms with van der Waals surface area (Å²) in [6, 6.07) is 5.53. The molecule has 3 rings (SSSR count). The maximum Gasteiger partial charge on any atom is 0.297 e.